The summed E-state index contributed by atoms with van der Waals surface area (Å²) < 4.78 is 13.8. The summed E-state index contributed by atoms with van der Waals surface area (Å²) >= 11 is 0. The van der Waals surface area contributed by atoms with Gasteiger partial charge in [-0.1, -0.05) is 18.9 Å². The number of fused-ring (bicyclic) bond motifs is 1. The van der Waals surface area contributed by atoms with Crippen LogP contribution in [0.25, 0.3) is 22.4 Å². The summed E-state index contributed by atoms with van der Waals surface area (Å²) in [5, 5.41) is 14.5. The number of hydrogen-bond donors (Lipinski definition) is 0. The molecule has 3 aromatic rings. The van der Waals surface area contributed by atoms with E-state index in [-0.39, 0.29) is 18.1 Å². The van der Waals surface area contributed by atoms with Gasteiger partial charge in [0.15, 0.2) is 0 Å². The molecule has 6 rings (SSSR count). The Bertz CT molecular complexity index is 1100. The first-order chi connectivity index (χ1) is 15.7. The van der Waals surface area contributed by atoms with Crippen molar-refractivity contribution < 1.29 is 13.9 Å². The Morgan fingerprint density at radius 1 is 1.00 bits per heavy atom. The molecule has 2 aromatic heterocycles. The van der Waals surface area contributed by atoms with E-state index < -0.39 is 0 Å². The smallest absolute Gasteiger partial charge is 0.410 e. The monoisotopic (exact) mass is 435 g/mol. The number of carbonyl (C=O) groups is 1. The molecule has 0 bridgehead atoms. The van der Waals surface area contributed by atoms with Gasteiger partial charge in [-0.2, -0.15) is 5.10 Å². The van der Waals surface area contributed by atoms with E-state index in [4.69, 9.17) is 9.15 Å². The van der Waals surface area contributed by atoms with Crippen LogP contribution in [0.5, 0.6) is 0 Å². The fraction of sp³-hybridized carbons (Fsp3) is 0.583. The summed E-state index contributed by atoms with van der Waals surface area (Å²) in [7, 11) is 0. The van der Waals surface area contributed by atoms with Gasteiger partial charge < -0.3 is 14.1 Å². The topological polar surface area (TPSA) is 86.3 Å². The molecule has 168 valence electrons. The summed E-state index contributed by atoms with van der Waals surface area (Å²) in [5.41, 5.74) is 2.06. The Hall–Kier alpha value is -2.90. The minimum absolute atomic E-state index is 0.126. The number of rotatable bonds is 4. The van der Waals surface area contributed by atoms with Gasteiger partial charge in [-0.05, 0) is 57.1 Å². The highest BCUT2D eigenvalue weighted by Gasteiger charge is 2.30. The van der Waals surface area contributed by atoms with E-state index >= 15 is 0 Å². The molecule has 1 aromatic carbocycles. The zero-order valence-electron chi connectivity index (χ0n) is 18.3. The van der Waals surface area contributed by atoms with E-state index in [9.17, 15) is 4.79 Å². The summed E-state index contributed by atoms with van der Waals surface area (Å²) in [6.45, 7) is 1.33. The lowest BCUT2D eigenvalue weighted by Gasteiger charge is -2.33. The van der Waals surface area contributed by atoms with Crippen molar-refractivity contribution in [3.05, 3.63) is 30.3 Å². The van der Waals surface area contributed by atoms with Crippen molar-refractivity contribution in [3.63, 3.8) is 0 Å². The molecule has 3 aliphatic rings. The molecule has 1 aliphatic heterocycles. The third kappa shape index (κ3) is 3.65. The van der Waals surface area contributed by atoms with E-state index in [0.717, 1.165) is 48.6 Å². The van der Waals surface area contributed by atoms with Crippen molar-refractivity contribution in [1.29, 1.82) is 0 Å². The van der Waals surface area contributed by atoms with Crippen LogP contribution in [0.1, 0.15) is 75.6 Å². The summed E-state index contributed by atoms with van der Waals surface area (Å²) in [5.74, 6) is 1.39. The molecule has 8 nitrogen and oxygen atoms in total. The van der Waals surface area contributed by atoms with Crippen molar-refractivity contribution in [2.75, 3.05) is 13.1 Å². The van der Waals surface area contributed by atoms with Crippen LogP contribution < -0.4 is 0 Å². The molecule has 2 saturated carbocycles. The number of carbonyl (C=O) groups excluding carboxylic acids is 1. The Balaban J connectivity index is 1.14. The van der Waals surface area contributed by atoms with Crippen LogP contribution in [-0.4, -0.2) is 50.2 Å². The number of ether oxygens (including phenoxy) is 1. The van der Waals surface area contributed by atoms with Crippen LogP contribution in [0.15, 0.2) is 28.8 Å². The number of piperidine rings is 1. The van der Waals surface area contributed by atoms with Gasteiger partial charge in [0.05, 0.1) is 17.8 Å². The fourth-order valence-electron chi connectivity index (χ4n) is 5.14. The lowest BCUT2D eigenvalue weighted by molar-refractivity contribution is 0.0220. The minimum atomic E-state index is -0.174. The first kappa shape index (κ1) is 19.8. The zero-order valence-corrected chi connectivity index (χ0v) is 18.3. The van der Waals surface area contributed by atoms with Crippen LogP contribution >= 0.6 is 0 Å². The van der Waals surface area contributed by atoms with Crippen LogP contribution in [0.2, 0.25) is 0 Å². The average Bonchev–Trinajstić information content (AvgIpc) is 3.56. The normalized spacial score (nSPS) is 20.7. The number of hydrogen-bond acceptors (Lipinski definition) is 6. The van der Waals surface area contributed by atoms with Gasteiger partial charge in [-0.25, -0.2) is 4.79 Å². The molecule has 1 amide bonds. The maximum atomic E-state index is 12.3. The van der Waals surface area contributed by atoms with Gasteiger partial charge in [-0.15, -0.1) is 10.2 Å². The van der Waals surface area contributed by atoms with Gasteiger partial charge >= 0.3 is 6.09 Å². The van der Waals surface area contributed by atoms with Gasteiger partial charge in [0.1, 0.15) is 6.10 Å². The SMILES string of the molecule is O=C(OC1CCC1)N1CCC(c2nnc(-c3ccc4cnn(C5CCCC5)c4c3)o2)CC1. The van der Waals surface area contributed by atoms with Crippen LogP contribution in [0.4, 0.5) is 4.79 Å². The molecule has 8 heteroatoms. The Kier molecular flexibility index (Phi) is 5.08. The van der Waals surface area contributed by atoms with Gasteiger partial charge in [0.25, 0.3) is 0 Å². The number of amides is 1. The minimum Gasteiger partial charge on any atom is -0.446 e. The van der Waals surface area contributed by atoms with Crippen molar-refractivity contribution >= 4 is 17.0 Å². The van der Waals surface area contributed by atoms with E-state index in [2.05, 4.69) is 32.1 Å². The third-order valence-corrected chi connectivity index (χ3v) is 7.38. The van der Waals surface area contributed by atoms with Gasteiger partial charge in [0.2, 0.25) is 11.8 Å². The molecule has 0 radical (unpaired) electrons. The Morgan fingerprint density at radius 3 is 2.56 bits per heavy atom. The molecular formula is C24H29N5O3. The van der Waals surface area contributed by atoms with E-state index in [0.29, 0.717) is 30.9 Å². The molecule has 2 aliphatic carbocycles. The summed E-state index contributed by atoms with van der Waals surface area (Å²) in [6, 6.07) is 6.72. The number of benzene rings is 1. The molecule has 1 saturated heterocycles. The zero-order chi connectivity index (χ0) is 21.5. The number of nitrogens with zero attached hydrogens (tertiary/aromatic N) is 5. The number of likely N-dealkylation sites (tertiary alicyclic amines) is 1. The summed E-state index contributed by atoms with van der Waals surface area (Å²) in [6.07, 6.45) is 11.6. The maximum absolute atomic E-state index is 12.3. The van der Waals surface area contributed by atoms with Crippen molar-refractivity contribution in [1.82, 2.24) is 24.9 Å². The van der Waals surface area contributed by atoms with Gasteiger partial charge in [0, 0.05) is 30.0 Å². The Labute approximate surface area is 186 Å². The molecule has 0 spiro atoms. The predicted octanol–water partition coefficient (Wildman–Crippen LogP) is 5.07. The molecular weight excluding hydrogens is 406 g/mol. The molecule has 0 atom stereocenters. The van der Waals surface area contributed by atoms with Crippen molar-refractivity contribution in [2.24, 2.45) is 0 Å². The van der Waals surface area contributed by atoms with Crippen LogP contribution in [0, 0.1) is 0 Å². The van der Waals surface area contributed by atoms with E-state index in [1.54, 1.807) is 0 Å². The first-order valence-corrected chi connectivity index (χ1v) is 12.0. The van der Waals surface area contributed by atoms with Crippen LogP contribution in [-0.2, 0) is 4.74 Å². The highest BCUT2D eigenvalue weighted by molar-refractivity contribution is 5.83. The lowest BCUT2D eigenvalue weighted by Crippen LogP contribution is -2.41. The van der Waals surface area contributed by atoms with Crippen molar-refractivity contribution in [2.45, 2.75) is 75.9 Å². The molecule has 3 heterocycles. The largest absolute Gasteiger partial charge is 0.446 e. The second-order valence-electron chi connectivity index (χ2n) is 9.44. The average molecular weight is 436 g/mol. The predicted molar refractivity (Wildman–Crippen MR) is 118 cm³/mol. The van der Waals surface area contributed by atoms with Crippen LogP contribution in [0.3, 0.4) is 0 Å². The molecule has 0 unspecified atom stereocenters. The third-order valence-electron chi connectivity index (χ3n) is 7.38. The first-order valence-electron chi connectivity index (χ1n) is 12.0. The second kappa shape index (κ2) is 8.22. The van der Waals surface area contributed by atoms with E-state index in [1.165, 1.54) is 25.7 Å². The summed E-state index contributed by atoms with van der Waals surface area (Å²) in [4.78, 5) is 14.1. The molecule has 32 heavy (non-hydrogen) atoms. The molecule has 0 N–H and O–H groups in total. The highest BCUT2D eigenvalue weighted by Crippen LogP contribution is 2.34. The molecule has 3 fully saturated rings. The Morgan fingerprint density at radius 2 is 1.81 bits per heavy atom. The lowest BCUT2D eigenvalue weighted by atomic mass is 9.96. The highest BCUT2D eigenvalue weighted by atomic mass is 16.6. The second-order valence-corrected chi connectivity index (χ2v) is 9.44. The fourth-order valence-corrected chi connectivity index (χ4v) is 5.14. The van der Waals surface area contributed by atoms with E-state index in [1.807, 2.05) is 17.2 Å². The maximum Gasteiger partial charge on any atom is 0.410 e. The van der Waals surface area contributed by atoms with Crippen molar-refractivity contribution in [3.8, 4) is 11.5 Å². The number of aromatic nitrogens is 4. The standard InChI is InChI=1S/C24H29N5O3/c30-24(31-20-6-3-7-20)28-12-10-16(11-13-28)22-26-27-23(32-22)17-8-9-18-15-25-29(21(18)14-17)19-4-1-2-5-19/h8-9,14-16,19-20H,1-7,10-13H2. The quantitative estimate of drug-likeness (QED) is 0.569. The van der Waals surface area contributed by atoms with Gasteiger partial charge in [-0.3, -0.25) is 4.68 Å².